The molecule has 0 saturated heterocycles. The summed E-state index contributed by atoms with van der Waals surface area (Å²) in [5.41, 5.74) is 2.56. The van der Waals surface area contributed by atoms with Gasteiger partial charge in [-0.3, -0.25) is 9.78 Å². The molecule has 1 amide bonds. The Morgan fingerprint density at radius 2 is 2.22 bits per heavy atom. The van der Waals surface area contributed by atoms with Crippen molar-refractivity contribution in [3.05, 3.63) is 64.9 Å². The van der Waals surface area contributed by atoms with E-state index in [1.54, 1.807) is 11.7 Å². The predicted octanol–water partition coefficient (Wildman–Crippen LogP) is 3.14. The Balaban J connectivity index is 1.41. The number of pyridine rings is 1. The molecule has 1 aromatic carbocycles. The molecule has 0 aliphatic rings. The topological polar surface area (TPSA) is 103 Å². The number of carbonyl (C=O) groups is 1. The Labute approximate surface area is 158 Å². The first-order valence-corrected chi connectivity index (χ1v) is 9.06. The van der Waals surface area contributed by atoms with E-state index in [1.807, 2.05) is 37.3 Å². The zero-order valence-electron chi connectivity index (χ0n) is 14.3. The minimum Gasteiger partial charge on any atom is -0.482 e. The molecule has 3 aromatic heterocycles. The summed E-state index contributed by atoms with van der Waals surface area (Å²) in [4.78, 5) is 20.8. The molecule has 9 heteroatoms. The number of hydrogen-bond donors (Lipinski definition) is 1. The maximum absolute atomic E-state index is 12.3. The molecule has 1 N–H and O–H groups in total. The number of fused-ring (bicyclic) bond motifs is 1. The highest BCUT2D eigenvalue weighted by molar-refractivity contribution is 7.09. The maximum Gasteiger partial charge on any atom is 0.273 e. The first-order valence-electron chi connectivity index (χ1n) is 8.18. The summed E-state index contributed by atoms with van der Waals surface area (Å²) in [6, 6.07) is 9.25. The molecule has 4 aromatic rings. The average molecular weight is 381 g/mol. The number of nitrogens with zero attached hydrogens (tertiary/aromatic N) is 4. The van der Waals surface area contributed by atoms with E-state index < -0.39 is 0 Å². The van der Waals surface area contributed by atoms with Gasteiger partial charge in [-0.2, -0.15) is 0 Å². The predicted molar refractivity (Wildman–Crippen MR) is 98.4 cm³/mol. The van der Waals surface area contributed by atoms with E-state index in [9.17, 15) is 4.79 Å². The van der Waals surface area contributed by atoms with Crippen LogP contribution in [0.25, 0.3) is 10.9 Å². The Kier molecular flexibility index (Phi) is 4.75. The Morgan fingerprint density at radius 3 is 3.07 bits per heavy atom. The standard InChI is InChI=1S/C18H15N5O3S/c1-11(18-23-20-10-27-18)21-17(24)13-8-26-15(22-13)9-25-14-6-2-4-12-5-3-7-19-16(12)14/h2-8,10-11H,9H2,1H3,(H,21,24). The fourth-order valence-electron chi connectivity index (χ4n) is 2.52. The number of rotatable bonds is 6. The number of nitrogens with one attached hydrogen (secondary N) is 1. The summed E-state index contributed by atoms with van der Waals surface area (Å²) in [5.74, 6) is 0.582. The lowest BCUT2D eigenvalue weighted by molar-refractivity contribution is 0.0934. The molecule has 27 heavy (non-hydrogen) atoms. The molecule has 1 atom stereocenters. The van der Waals surface area contributed by atoms with Gasteiger partial charge in [0.25, 0.3) is 5.91 Å². The van der Waals surface area contributed by atoms with Crippen LogP contribution in [-0.4, -0.2) is 26.1 Å². The molecular weight excluding hydrogens is 366 g/mol. The molecule has 8 nitrogen and oxygen atoms in total. The lowest BCUT2D eigenvalue weighted by Gasteiger charge is -2.08. The molecule has 1 unspecified atom stereocenters. The third-order valence-electron chi connectivity index (χ3n) is 3.83. The van der Waals surface area contributed by atoms with Gasteiger partial charge in [0.1, 0.15) is 28.0 Å². The van der Waals surface area contributed by atoms with Gasteiger partial charge in [0.15, 0.2) is 12.3 Å². The molecule has 0 fully saturated rings. The number of ether oxygens (including phenoxy) is 1. The van der Waals surface area contributed by atoms with Crippen LogP contribution in [0.15, 0.2) is 52.7 Å². The van der Waals surface area contributed by atoms with Crippen LogP contribution in [0.2, 0.25) is 0 Å². The first kappa shape index (κ1) is 17.1. The third-order valence-corrected chi connectivity index (χ3v) is 4.70. The summed E-state index contributed by atoms with van der Waals surface area (Å²) in [6.45, 7) is 1.92. The van der Waals surface area contributed by atoms with Crippen molar-refractivity contribution in [2.75, 3.05) is 0 Å². The molecule has 0 aliphatic heterocycles. The van der Waals surface area contributed by atoms with Crippen LogP contribution in [-0.2, 0) is 6.61 Å². The molecule has 0 radical (unpaired) electrons. The summed E-state index contributed by atoms with van der Waals surface area (Å²) < 4.78 is 11.1. The summed E-state index contributed by atoms with van der Waals surface area (Å²) in [7, 11) is 0. The van der Waals surface area contributed by atoms with Crippen molar-refractivity contribution in [1.82, 2.24) is 25.5 Å². The van der Waals surface area contributed by atoms with Gasteiger partial charge in [-0.25, -0.2) is 4.98 Å². The van der Waals surface area contributed by atoms with Gasteiger partial charge in [0.05, 0.1) is 6.04 Å². The van der Waals surface area contributed by atoms with Crippen molar-refractivity contribution < 1.29 is 13.9 Å². The number of hydrogen-bond acceptors (Lipinski definition) is 8. The number of amides is 1. The largest absolute Gasteiger partial charge is 0.482 e. The molecule has 0 aliphatic carbocycles. The molecule has 0 saturated carbocycles. The highest BCUT2D eigenvalue weighted by Gasteiger charge is 2.17. The van der Waals surface area contributed by atoms with Crippen molar-refractivity contribution in [2.45, 2.75) is 19.6 Å². The van der Waals surface area contributed by atoms with Crippen molar-refractivity contribution in [1.29, 1.82) is 0 Å². The van der Waals surface area contributed by atoms with Gasteiger partial charge >= 0.3 is 0 Å². The monoisotopic (exact) mass is 381 g/mol. The second kappa shape index (κ2) is 7.50. The fraction of sp³-hybridized carbons (Fsp3) is 0.167. The second-order valence-corrected chi connectivity index (χ2v) is 6.58. The van der Waals surface area contributed by atoms with E-state index in [-0.39, 0.29) is 24.2 Å². The quantitative estimate of drug-likeness (QED) is 0.547. The van der Waals surface area contributed by atoms with Crippen LogP contribution in [0.5, 0.6) is 5.75 Å². The van der Waals surface area contributed by atoms with Gasteiger partial charge in [0.2, 0.25) is 5.89 Å². The van der Waals surface area contributed by atoms with Gasteiger partial charge in [-0.15, -0.1) is 21.5 Å². The summed E-state index contributed by atoms with van der Waals surface area (Å²) in [6.07, 6.45) is 3.02. The minimum atomic E-state index is -0.348. The summed E-state index contributed by atoms with van der Waals surface area (Å²) in [5, 5.41) is 12.2. The molecule has 0 bridgehead atoms. The Bertz CT molecular complexity index is 1060. The van der Waals surface area contributed by atoms with E-state index in [4.69, 9.17) is 9.15 Å². The van der Waals surface area contributed by atoms with Gasteiger partial charge < -0.3 is 14.5 Å². The molecule has 0 spiro atoms. The smallest absolute Gasteiger partial charge is 0.273 e. The van der Waals surface area contributed by atoms with Gasteiger partial charge in [0, 0.05) is 11.6 Å². The fourth-order valence-corrected chi connectivity index (χ4v) is 3.08. The van der Waals surface area contributed by atoms with Gasteiger partial charge in [-0.05, 0) is 19.1 Å². The molecule has 136 valence electrons. The average Bonchev–Trinajstić information content (AvgIpc) is 3.38. The van der Waals surface area contributed by atoms with Crippen LogP contribution in [0.4, 0.5) is 0 Å². The minimum absolute atomic E-state index is 0.0922. The van der Waals surface area contributed by atoms with Crippen molar-refractivity contribution in [2.24, 2.45) is 0 Å². The number of benzene rings is 1. The Morgan fingerprint density at radius 1 is 1.33 bits per heavy atom. The van der Waals surface area contributed by atoms with Crippen molar-refractivity contribution in [3.8, 4) is 5.75 Å². The Hall–Kier alpha value is -3.33. The molecular formula is C18H15N5O3S. The van der Waals surface area contributed by atoms with E-state index in [0.29, 0.717) is 11.6 Å². The number of aromatic nitrogens is 4. The van der Waals surface area contributed by atoms with Crippen LogP contribution in [0.1, 0.15) is 34.4 Å². The number of carbonyl (C=O) groups excluding carboxylic acids is 1. The highest BCUT2D eigenvalue weighted by atomic mass is 32.1. The third kappa shape index (κ3) is 3.77. The van der Waals surface area contributed by atoms with Gasteiger partial charge in [-0.1, -0.05) is 18.2 Å². The zero-order chi connectivity index (χ0) is 18.6. The summed E-state index contributed by atoms with van der Waals surface area (Å²) >= 11 is 1.37. The van der Waals surface area contributed by atoms with Crippen molar-refractivity contribution in [3.63, 3.8) is 0 Å². The second-order valence-electron chi connectivity index (χ2n) is 5.72. The van der Waals surface area contributed by atoms with Crippen LogP contribution < -0.4 is 10.1 Å². The van der Waals surface area contributed by atoms with Crippen LogP contribution >= 0.6 is 11.3 Å². The molecule has 3 heterocycles. The van der Waals surface area contributed by atoms with Crippen LogP contribution in [0, 0.1) is 0 Å². The SMILES string of the molecule is CC(NC(=O)c1coc(COc2cccc3cccnc23)n1)c1nncs1. The highest BCUT2D eigenvalue weighted by Crippen LogP contribution is 2.23. The maximum atomic E-state index is 12.3. The molecule has 4 rings (SSSR count). The lowest BCUT2D eigenvalue weighted by atomic mass is 10.2. The first-order chi connectivity index (χ1) is 13.2. The van der Waals surface area contributed by atoms with E-state index in [1.165, 1.54) is 17.6 Å². The van der Waals surface area contributed by atoms with Crippen molar-refractivity contribution >= 4 is 28.1 Å². The number of oxazole rings is 1. The van der Waals surface area contributed by atoms with E-state index >= 15 is 0 Å². The van der Waals surface area contributed by atoms with E-state index in [0.717, 1.165) is 15.9 Å². The lowest BCUT2D eigenvalue weighted by Crippen LogP contribution is -2.26. The normalized spacial score (nSPS) is 12.0. The van der Waals surface area contributed by atoms with E-state index in [2.05, 4.69) is 25.5 Å². The van der Waals surface area contributed by atoms with Crippen LogP contribution in [0.3, 0.4) is 0 Å². The number of para-hydroxylation sites is 1. The zero-order valence-corrected chi connectivity index (χ0v) is 15.1.